The second kappa shape index (κ2) is 6.72. The molecule has 0 saturated heterocycles. The van der Waals surface area contributed by atoms with Crippen LogP contribution in [0.2, 0.25) is 18.1 Å². The zero-order valence-corrected chi connectivity index (χ0v) is 20.7. The minimum Gasteiger partial charge on any atom is -0.410 e. The lowest BCUT2D eigenvalue weighted by Crippen LogP contribution is -2.53. The molecule has 0 radical (unpaired) electrons. The Morgan fingerprint density at radius 1 is 1.07 bits per heavy atom. The van der Waals surface area contributed by atoms with Gasteiger partial charge in [-0.3, -0.25) is 0 Å². The van der Waals surface area contributed by atoms with Gasteiger partial charge in [0.1, 0.15) is 0 Å². The number of hydrogen-bond donors (Lipinski definition) is 0. The van der Waals surface area contributed by atoms with Crippen molar-refractivity contribution in [1.82, 2.24) is 0 Å². The quantitative estimate of drug-likeness (QED) is 0.352. The second-order valence-electron chi connectivity index (χ2n) is 12.8. The average Bonchev–Trinajstić information content (AvgIpc) is 2.86. The van der Waals surface area contributed by atoms with Crippen molar-refractivity contribution in [1.29, 1.82) is 0 Å². The van der Waals surface area contributed by atoms with E-state index in [1.165, 1.54) is 44.1 Å². The van der Waals surface area contributed by atoms with Gasteiger partial charge in [0.15, 0.2) is 8.32 Å². The molecule has 3 saturated carbocycles. The number of hydrogen-bond acceptors (Lipinski definition) is 1. The van der Waals surface area contributed by atoms with Crippen molar-refractivity contribution in [2.24, 2.45) is 34.5 Å². The molecule has 3 fully saturated rings. The Bertz CT molecular complexity index is 586. The van der Waals surface area contributed by atoms with E-state index >= 15 is 0 Å². The fourth-order valence-corrected chi connectivity index (χ4v) is 7.95. The summed E-state index contributed by atoms with van der Waals surface area (Å²) in [6.45, 7) is 26.6. The van der Waals surface area contributed by atoms with E-state index in [-0.39, 0.29) is 11.1 Å². The molecule has 3 aliphatic rings. The van der Waals surface area contributed by atoms with E-state index in [4.69, 9.17) is 4.43 Å². The summed E-state index contributed by atoms with van der Waals surface area (Å²) >= 11 is 0. The van der Waals surface area contributed by atoms with Crippen LogP contribution < -0.4 is 0 Å². The Balaban J connectivity index is 1.85. The zero-order chi connectivity index (χ0) is 20.4. The third-order valence-corrected chi connectivity index (χ3v) is 14.1. The van der Waals surface area contributed by atoms with E-state index in [0.717, 1.165) is 23.7 Å². The van der Waals surface area contributed by atoms with Crippen molar-refractivity contribution in [3.63, 3.8) is 0 Å². The normalized spacial score (nSPS) is 43.0. The molecule has 3 aliphatic carbocycles. The van der Waals surface area contributed by atoms with Crippen LogP contribution in [0, 0.1) is 34.5 Å². The monoisotopic (exact) mass is 390 g/mol. The minimum absolute atomic E-state index is 0.268. The summed E-state index contributed by atoms with van der Waals surface area (Å²) in [4.78, 5) is 0. The van der Waals surface area contributed by atoms with Crippen LogP contribution in [-0.4, -0.2) is 14.4 Å². The van der Waals surface area contributed by atoms with Crippen molar-refractivity contribution in [3.8, 4) is 0 Å². The highest BCUT2D eigenvalue weighted by molar-refractivity contribution is 6.74. The lowest BCUT2D eigenvalue weighted by molar-refractivity contribution is -0.0781. The minimum atomic E-state index is -1.76. The van der Waals surface area contributed by atoms with Gasteiger partial charge < -0.3 is 4.43 Å². The molecule has 2 heteroatoms. The van der Waals surface area contributed by atoms with Crippen molar-refractivity contribution >= 4 is 8.32 Å². The van der Waals surface area contributed by atoms with Gasteiger partial charge in [-0.15, -0.1) is 0 Å². The topological polar surface area (TPSA) is 9.23 Å². The standard InChI is InChI=1S/C25H46OSi/c1-17(2)19-11-12-24(7)13-14-25(8)16-21(18(3)15-20(25)22(19)24)26-27(9,10)23(4,5)6/h17,19-22H,3,11-16H2,1-2,4-10H3/t19-,20+,21+,22+,24+,25-/m0/s1. The molecule has 0 N–H and O–H groups in total. The Morgan fingerprint density at radius 3 is 2.22 bits per heavy atom. The fraction of sp³-hybridized carbons (Fsp3) is 0.920. The smallest absolute Gasteiger partial charge is 0.192 e. The van der Waals surface area contributed by atoms with Crippen LogP contribution in [0.15, 0.2) is 12.2 Å². The molecule has 3 rings (SSSR count). The predicted octanol–water partition coefficient (Wildman–Crippen LogP) is 7.83. The zero-order valence-electron chi connectivity index (χ0n) is 19.7. The van der Waals surface area contributed by atoms with Crippen LogP contribution in [0.1, 0.15) is 87.0 Å². The maximum absolute atomic E-state index is 6.92. The number of fused-ring (bicyclic) bond motifs is 3. The molecule has 0 aromatic carbocycles. The molecule has 156 valence electrons. The summed E-state index contributed by atoms with van der Waals surface area (Å²) in [7, 11) is -1.76. The van der Waals surface area contributed by atoms with E-state index in [0.29, 0.717) is 10.8 Å². The first-order chi connectivity index (χ1) is 12.2. The molecule has 27 heavy (non-hydrogen) atoms. The second-order valence-corrected chi connectivity index (χ2v) is 17.6. The highest BCUT2D eigenvalue weighted by Gasteiger charge is 2.59. The summed E-state index contributed by atoms with van der Waals surface area (Å²) in [5.41, 5.74) is 2.42. The first-order valence-electron chi connectivity index (χ1n) is 11.6. The van der Waals surface area contributed by atoms with Crippen LogP contribution in [0.3, 0.4) is 0 Å². The predicted molar refractivity (Wildman–Crippen MR) is 120 cm³/mol. The van der Waals surface area contributed by atoms with E-state index < -0.39 is 8.32 Å². The summed E-state index contributed by atoms with van der Waals surface area (Å²) < 4.78 is 6.92. The molecular formula is C25H46OSi. The summed E-state index contributed by atoms with van der Waals surface area (Å²) in [6.07, 6.45) is 8.41. The van der Waals surface area contributed by atoms with Gasteiger partial charge in [-0.25, -0.2) is 0 Å². The van der Waals surface area contributed by atoms with Gasteiger partial charge in [-0.1, -0.05) is 55.0 Å². The lowest BCUT2D eigenvalue weighted by atomic mass is 9.48. The maximum atomic E-state index is 6.92. The van der Waals surface area contributed by atoms with Crippen molar-refractivity contribution in [2.45, 2.75) is 111 Å². The van der Waals surface area contributed by atoms with Crippen molar-refractivity contribution in [2.75, 3.05) is 0 Å². The molecule has 0 bridgehead atoms. The highest BCUT2D eigenvalue weighted by Crippen LogP contribution is 2.67. The van der Waals surface area contributed by atoms with E-state index in [9.17, 15) is 0 Å². The van der Waals surface area contributed by atoms with Gasteiger partial charge >= 0.3 is 0 Å². The van der Waals surface area contributed by atoms with Crippen LogP contribution in [0.5, 0.6) is 0 Å². The van der Waals surface area contributed by atoms with E-state index in [1.54, 1.807) is 0 Å². The molecule has 6 atom stereocenters. The highest BCUT2D eigenvalue weighted by atomic mass is 28.4. The molecule has 0 unspecified atom stereocenters. The van der Waals surface area contributed by atoms with Gasteiger partial charge in [0.05, 0.1) is 6.10 Å². The van der Waals surface area contributed by atoms with Gasteiger partial charge in [0, 0.05) is 0 Å². The van der Waals surface area contributed by atoms with Gasteiger partial charge in [0.2, 0.25) is 0 Å². The summed E-state index contributed by atoms with van der Waals surface area (Å²) in [5, 5.41) is 0.268. The third-order valence-electron chi connectivity index (χ3n) is 9.60. The molecular weight excluding hydrogens is 344 g/mol. The largest absolute Gasteiger partial charge is 0.410 e. The number of rotatable bonds is 3. The van der Waals surface area contributed by atoms with Gasteiger partial charge in [-0.2, -0.15) is 0 Å². The summed E-state index contributed by atoms with van der Waals surface area (Å²) in [6, 6.07) is 0. The molecule has 0 amide bonds. The molecule has 1 nitrogen and oxygen atoms in total. The van der Waals surface area contributed by atoms with Crippen molar-refractivity contribution in [3.05, 3.63) is 12.2 Å². The first kappa shape index (κ1) is 21.6. The average molecular weight is 391 g/mol. The molecule has 0 heterocycles. The Kier molecular flexibility index (Phi) is 5.38. The van der Waals surface area contributed by atoms with Crippen LogP contribution >= 0.6 is 0 Å². The SMILES string of the molecule is C=C1C[C@@H]2[C@H]3[C@H](C(C)C)CC[C@]3(C)CC[C@@]2(C)C[C@H]1O[Si](C)(C)C(C)(C)C. The molecule has 0 aromatic rings. The van der Waals surface area contributed by atoms with E-state index in [1.807, 2.05) is 0 Å². The molecule has 0 aliphatic heterocycles. The Morgan fingerprint density at radius 2 is 1.67 bits per heavy atom. The fourth-order valence-electron chi connectivity index (χ4n) is 6.64. The van der Waals surface area contributed by atoms with Crippen LogP contribution in [-0.2, 0) is 4.43 Å². The first-order valence-corrected chi connectivity index (χ1v) is 14.5. The molecule has 0 spiro atoms. The van der Waals surface area contributed by atoms with Crippen molar-refractivity contribution < 1.29 is 4.43 Å². The Labute approximate surface area is 170 Å². The third kappa shape index (κ3) is 3.63. The Hall–Kier alpha value is -0.0831. The van der Waals surface area contributed by atoms with Crippen LogP contribution in [0.25, 0.3) is 0 Å². The van der Waals surface area contributed by atoms with Crippen LogP contribution in [0.4, 0.5) is 0 Å². The molecule has 0 aromatic heterocycles. The van der Waals surface area contributed by atoms with Gasteiger partial charge in [-0.05, 0) is 96.7 Å². The van der Waals surface area contributed by atoms with E-state index in [2.05, 4.69) is 68.1 Å². The van der Waals surface area contributed by atoms with Gasteiger partial charge in [0.25, 0.3) is 0 Å². The lowest BCUT2D eigenvalue weighted by Gasteiger charge is -2.58. The summed E-state index contributed by atoms with van der Waals surface area (Å²) in [5.74, 6) is 3.43. The maximum Gasteiger partial charge on any atom is 0.192 e.